The summed E-state index contributed by atoms with van der Waals surface area (Å²) in [6, 6.07) is 0.245. The molecular weight excluding hydrogens is 254 g/mol. The minimum atomic E-state index is -0.0497. The van der Waals surface area contributed by atoms with Gasteiger partial charge in [-0.1, -0.05) is 25.7 Å². The van der Waals surface area contributed by atoms with Gasteiger partial charge in [-0.25, -0.2) is 0 Å². The van der Waals surface area contributed by atoms with Gasteiger partial charge in [0.2, 0.25) is 11.8 Å². The minimum Gasteiger partial charge on any atom is -0.353 e. The Hall–Kier alpha value is -1.10. The number of hydrogen-bond acceptors (Lipinski definition) is 3. The van der Waals surface area contributed by atoms with Gasteiger partial charge in [-0.3, -0.25) is 9.59 Å². The molecule has 0 spiro atoms. The Kier molecular flexibility index (Phi) is 7.59. The molecule has 5 nitrogen and oxygen atoms in total. The monoisotopic (exact) mass is 283 g/mol. The van der Waals surface area contributed by atoms with E-state index in [4.69, 9.17) is 0 Å². The lowest BCUT2D eigenvalue weighted by molar-refractivity contribution is -0.136. The molecule has 0 unspecified atom stereocenters. The number of nitrogens with one attached hydrogen (secondary N) is 1. The van der Waals surface area contributed by atoms with E-state index < -0.39 is 0 Å². The van der Waals surface area contributed by atoms with Crippen LogP contribution in [0.5, 0.6) is 0 Å². The normalized spacial score (nSPS) is 16.8. The zero-order chi connectivity index (χ0) is 15.0. The first kappa shape index (κ1) is 17.0. The van der Waals surface area contributed by atoms with Crippen LogP contribution in [0.25, 0.3) is 0 Å². The van der Waals surface area contributed by atoms with Crippen molar-refractivity contribution in [2.45, 2.75) is 51.5 Å². The number of hydrogen-bond donors (Lipinski definition) is 1. The fraction of sp³-hybridized carbons (Fsp3) is 0.867. The summed E-state index contributed by atoms with van der Waals surface area (Å²) < 4.78 is 0. The van der Waals surface area contributed by atoms with Crippen LogP contribution in [-0.2, 0) is 9.59 Å². The SMILES string of the molecule is CC(=O)N(CC(=O)NCCN(C)C)C1CCCCCC1. The van der Waals surface area contributed by atoms with E-state index in [1.807, 2.05) is 19.0 Å². The average Bonchev–Trinajstić information content (AvgIpc) is 2.63. The summed E-state index contributed by atoms with van der Waals surface area (Å²) in [5.41, 5.74) is 0. The van der Waals surface area contributed by atoms with Gasteiger partial charge < -0.3 is 15.1 Å². The van der Waals surface area contributed by atoms with Crippen molar-refractivity contribution in [3.05, 3.63) is 0 Å². The Morgan fingerprint density at radius 3 is 2.20 bits per heavy atom. The summed E-state index contributed by atoms with van der Waals surface area (Å²) in [7, 11) is 3.94. The van der Waals surface area contributed by atoms with Crippen molar-refractivity contribution in [1.82, 2.24) is 15.1 Å². The largest absolute Gasteiger partial charge is 0.353 e. The van der Waals surface area contributed by atoms with E-state index in [1.54, 1.807) is 11.8 Å². The number of amides is 2. The molecule has 0 aliphatic heterocycles. The second-order valence-corrected chi connectivity index (χ2v) is 5.95. The first-order valence-electron chi connectivity index (χ1n) is 7.69. The van der Waals surface area contributed by atoms with Gasteiger partial charge in [0.1, 0.15) is 0 Å². The maximum absolute atomic E-state index is 11.9. The first-order chi connectivity index (χ1) is 9.50. The maximum atomic E-state index is 11.9. The highest BCUT2D eigenvalue weighted by molar-refractivity contribution is 5.83. The fourth-order valence-corrected chi connectivity index (χ4v) is 2.70. The van der Waals surface area contributed by atoms with Crippen LogP contribution in [0.2, 0.25) is 0 Å². The number of nitrogens with zero attached hydrogens (tertiary/aromatic N) is 2. The molecule has 2 amide bonds. The summed E-state index contributed by atoms with van der Waals surface area (Å²) >= 11 is 0. The van der Waals surface area contributed by atoms with Crippen LogP contribution in [0.3, 0.4) is 0 Å². The van der Waals surface area contributed by atoms with Gasteiger partial charge in [0.25, 0.3) is 0 Å². The molecule has 1 fully saturated rings. The second kappa shape index (κ2) is 8.95. The molecule has 1 aliphatic rings. The average molecular weight is 283 g/mol. The summed E-state index contributed by atoms with van der Waals surface area (Å²) in [6.07, 6.45) is 6.89. The van der Waals surface area contributed by atoms with Crippen LogP contribution in [0.1, 0.15) is 45.4 Å². The molecule has 1 rings (SSSR count). The van der Waals surface area contributed by atoms with Gasteiger partial charge in [-0.2, -0.15) is 0 Å². The van der Waals surface area contributed by atoms with Gasteiger partial charge in [-0.05, 0) is 26.9 Å². The Morgan fingerprint density at radius 2 is 1.70 bits per heavy atom. The lowest BCUT2D eigenvalue weighted by Gasteiger charge is -2.29. The van der Waals surface area contributed by atoms with E-state index in [0.717, 1.165) is 32.2 Å². The number of rotatable bonds is 6. The summed E-state index contributed by atoms with van der Waals surface area (Å²) in [5.74, 6) is -0.0362. The molecule has 0 saturated heterocycles. The van der Waals surface area contributed by atoms with Crippen LogP contribution in [0.15, 0.2) is 0 Å². The first-order valence-corrected chi connectivity index (χ1v) is 7.69. The second-order valence-electron chi connectivity index (χ2n) is 5.95. The zero-order valence-electron chi connectivity index (χ0n) is 13.2. The third-order valence-electron chi connectivity index (χ3n) is 3.87. The van der Waals surface area contributed by atoms with Crippen molar-refractivity contribution in [2.24, 2.45) is 0 Å². The standard InChI is InChI=1S/C15H29N3O2/c1-13(19)18(14-8-6-4-5-7-9-14)12-15(20)16-10-11-17(2)3/h14H,4-12H2,1-3H3,(H,16,20). The molecule has 0 aromatic carbocycles. The molecule has 1 saturated carbocycles. The van der Waals surface area contributed by atoms with Crippen molar-refractivity contribution >= 4 is 11.8 Å². The fourth-order valence-electron chi connectivity index (χ4n) is 2.70. The summed E-state index contributed by atoms with van der Waals surface area (Å²) in [5, 5.41) is 2.88. The highest BCUT2D eigenvalue weighted by Crippen LogP contribution is 2.21. The van der Waals surface area contributed by atoms with Crippen molar-refractivity contribution < 1.29 is 9.59 Å². The molecule has 116 valence electrons. The Balaban J connectivity index is 2.45. The minimum absolute atomic E-state index is 0.0136. The topological polar surface area (TPSA) is 52.7 Å². The van der Waals surface area contributed by atoms with Gasteiger partial charge in [0, 0.05) is 26.1 Å². The lowest BCUT2D eigenvalue weighted by Crippen LogP contribution is -2.46. The third kappa shape index (κ3) is 6.37. The molecule has 1 aliphatic carbocycles. The molecular formula is C15H29N3O2. The van der Waals surface area contributed by atoms with Gasteiger partial charge >= 0.3 is 0 Å². The van der Waals surface area contributed by atoms with Crippen LogP contribution < -0.4 is 5.32 Å². The van der Waals surface area contributed by atoms with E-state index in [-0.39, 0.29) is 24.4 Å². The predicted molar refractivity (Wildman–Crippen MR) is 80.4 cm³/mol. The number of carbonyl (C=O) groups excluding carboxylic acids is 2. The van der Waals surface area contributed by atoms with E-state index in [0.29, 0.717) is 6.54 Å². The Labute approximate surface area is 122 Å². The van der Waals surface area contributed by atoms with E-state index in [1.165, 1.54) is 12.8 Å². The van der Waals surface area contributed by atoms with Crippen LogP contribution >= 0.6 is 0 Å². The quantitative estimate of drug-likeness (QED) is 0.746. The molecule has 0 aromatic rings. The lowest BCUT2D eigenvalue weighted by atomic mass is 10.1. The van der Waals surface area contributed by atoms with Gasteiger partial charge in [0.15, 0.2) is 0 Å². The van der Waals surface area contributed by atoms with Crippen LogP contribution in [-0.4, -0.2) is 61.4 Å². The molecule has 0 aromatic heterocycles. The Bertz CT molecular complexity index is 310. The van der Waals surface area contributed by atoms with Crippen molar-refractivity contribution in [3.63, 3.8) is 0 Å². The zero-order valence-corrected chi connectivity index (χ0v) is 13.2. The molecule has 5 heteroatoms. The van der Waals surface area contributed by atoms with Crippen LogP contribution in [0.4, 0.5) is 0 Å². The molecule has 20 heavy (non-hydrogen) atoms. The highest BCUT2D eigenvalue weighted by Gasteiger charge is 2.24. The molecule has 0 radical (unpaired) electrons. The van der Waals surface area contributed by atoms with E-state index >= 15 is 0 Å². The smallest absolute Gasteiger partial charge is 0.239 e. The van der Waals surface area contributed by atoms with E-state index in [9.17, 15) is 9.59 Å². The third-order valence-corrected chi connectivity index (χ3v) is 3.87. The van der Waals surface area contributed by atoms with Crippen LogP contribution in [0, 0.1) is 0 Å². The predicted octanol–water partition coefficient (Wildman–Crippen LogP) is 1.24. The number of likely N-dealkylation sites (N-methyl/N-ethyl adjacent to an activating group) is 1. The molecule has 0 atom stereocenters. The van der Waals surface area contributed by atoms with Crippen molar-refractivity contribution in [2.75, 3.05) is 33.7 Å². The van der Waals surface area contributed by atoms with Gasteiger partial charge in [0.05, 0.1) is 6.54 Å². The molecule has 0 bridgehead atoms. The van der Waals surface area contributed by atoms with Gasteiger partial charge in [-0.15, -0.1) is 0 Å². The van der Waals surface area contributed by atoms with Crippen molar-refractivity contribution in [1.29, 1.82) is 0 Å². The Morgan fingerprint density at radius 1 is 1.10 bits per heavy atom. The molecule has 0 heterocycles. The maximum Gasteiger partial charge on any atom is 0.239 e. The number of carbonyl (C=O) groups is 2. The molecule has 1 N–H and O–H groups in total. The summed E-state index contributed by atoms with van der Waals surface area (Å²) in [6.45, 7) is 3.21. The summed E-state index contributed by atoms with van der Waals surface area (Å²) in [4.78, 5) is 27.5. The highest BCUT2D eigenvalue weighted by atomic mass is 16.2. The van der Waals surface area contributed by atoms with E-state index in [2.05, 4.69) is 5.32 Å². The van der Waals surface area contributed by atoms with Crippen molar-refractivity contribution in [3.8, 4) is 0 Å².